The zero-order valence-electron chi connectivity index (χ0n) is 16.8. The maximum atomic E-state index is 13.9. The topological polar surface area (TPSA) is 49.6 Å². The molecule has 2 atom stereocenters. The fourth-order valence-corrected chi connectivity index (χ4v) is 5.49. The van der Waals surface area contributed by atoms with Gasteiger partial charge in [-0.2, -0.15) is 0 Å². The Morgan fingerprint density at radius 3 is 2.21 bits per heavy atom. The van der Waals surface area contributed by atoms with E-state index < -0.39 is 22.6 Å². The van der Waals surface area contributed by atoms with Crippen LogP contribution in [0, 0.1) is 23.5 Å². The van der Waals surface area contributed by atoms with Gasteiger partial charge in [0, 0.05) is 25.4 Å². The average Bonchev–Trinajstić information content (AvgIpc) is 2.68. The minimum absolute atomic E-state index is 0.130. The monoisotopic (exact) mass is 413 g/mol. The molecule has 0 aromatic heterocycles. The Morgan fingerprint density at radius 1 is 1.07 bits per heavy atom. The summed E-state index contributed by atoms with van der Waals surface area (Å²) in [6.45, 7) is 5.38. The normalized spacial score (nSPS) is 23.0. The number of nitrogens with zero attached hydrogens (tertiary/aromatic N) is 2. The highest BCUT2D eigenvalue weighted by atomic mass is 32.2. The van der Waals surface area contributed by atoms with Gasteiger partial charge in [-0.1, -0.05) is 0 Å². The molecule has 2 saturated heterocycles. The molecule has 3 rings (SSSR count). The van der Waals surface area contributed by atoms with Crippen molar-refractivity contribution in [1.82, 2.24) is 9.21 Å². The van der Waals surface area contributed by atoms with Gasteiger partial charge in [0.1, 0.15) is 11.6 Å². The molecular formula is C21H33F2N3OS. The first kappa shape index (κ1) is 21.8. The Morgan fingerprint density at radius 2 is 1.68 bits per heavy atom. The second-order valence-electron chi connectivity index (χ2n) is 8.31. The van der Waals surface area contributed by atoms with Gasteiger partial charge < -0.3 is 10.6 Å². The maximum Gasteiger partial charge on any atom is 0.126 e. The number of rotatable bonds is 7. The zero-order valence-corrected chi connectivity index (χ0v) is 17.6. The molecule has 0 saturated carbocycles. The van der Waals surface area contributed by atoms with E-state index in [1.54, 1.807) is 6.26 Å². The summed E-state index contributed by atoms with van der Waals surface area (Å²) in [7, 11) is -0.949. The molecule has 2 heterocycles. The van der Waals surface area contributed by atoms with E-state index in [2.05, 4.69) is 4.90 Å². The van der Waals surface area contributed by atoms with Gasteiger partial charge >= 0.3 is 0 Å². The van der Waals surface area contributed by atoms with Crippen LogP contribution in [0.15, 0.2) is 18.2 Å². The van der Waals surface area contributed by atoms with E-state index >= 15 is 0 Å². The third kappa shape index (κ3) is 5.81. The maximum absolute atomic E-state index is 13.9. The lowest BCUT2D eigenvalue weighted by Crippen LogP contribution is -2.39. The molecule has 1 aromatic rings. The van der Waals surface area contributed by atoms with E-state index in [4.69, 9.17) is 5.73 Å². The highest BCUT2D eigenvalue weighted by Crippen LogP contribution is 2.36. The van der Waals surface area contributed by atoms with Crippen LogP contribution < -0.4 is 5.73 Å². The zero-order chi connectivity index (χ0) is 20.1. The number of hydrogen-bond acceptors (Lipinski definition) is 3. The smallest absolute Gasteiger partial charge is 0.126 e. The van der Waals surface area contributed by atoms with E-state index in [-0.39, 0.29) is 5.92 Å². The second-order valence-corrected chi connectivity index (χ2v) is 9.67. The van der Waals surface area contributed by atoms with Crippen LogP contribution in [0.4, 0.5) is 8.78 Å². The molecule has 0 radical (unpaired) electrons. The molecule has 0 bridgehead atoms. The van der Waals surface area contributed by atoms with Crippen molar-refractivity contribution in [2.24, 2.45) is 17.6 Å². The molecule has 0 amide bonds. The molecule has 2 aliphatic rings. The van der Waals surface area contributed by atoms with Crippen LogP contribution in [-0.4, -0.2) is 58.9 Å². The van der Waals surface area contributed by atoms with Gasteiger partial charge in [0.05, 0.1) is 11.0 Å². The van der Waals surface area contributed by atoms with E-state index in [1.165, 1.54) is 12.1 Å². The Balaban J connectivity index is 1.67. The number of piperidine rings is 2. The number of nitrogens with two attached hydrogens (primary N) is 1. The molecule has 0 aliphatic carbocycles. The summed E-state index contributed by atoms with van der Waals surface area (Å²) in [4.78, 5) is 2.46. The standard InChI is InChI=1S/C21H33F2N3OS/c1-28(27)26-10-4-17(5-11-26)21(18-12-19(22)14-20(23)13-18)6-9-25-7-2-16(15-24)3-8-25/h12-14,16-17,21H,2-11,15,24H2,1H3. The molecule has 2 N–H and O–H groups in total. The average molecular weight is 414 g/mol. The van der Waals surface area contributed by atoms with Crippen molar-refractivity contribution in [3.05, 3.63) is 35.4 Å². The van der Waals surface area contributed by atoms with Crippen molar-refractivity contribution in [2.45, 2.75) is 38.0 Å². The first-order valence-electron chi connectivity index (χ1n) is 10.4. The fraction of sp³-hybridized carbons (Fsp3) is 0.714. The van der Waals surface area contributed by atoms with Gasteiger partial charge in [0.15, 0.2) is 0 Å². The molecule has 158 valence electrons. The second kappa shape index (κ2) is 10.2. The summed E-state index contributed by atoms with van der Waals surface area (Å²) in [5.74, 6) is 0.114. The molecule has 7 heteroatoms. The van der Waals surface area contributed by atoms with Crippen LogP contribution in [0.2, 0.25) is 0 Å². The molecule has 1 aromatic carbocycles. The van der Waals surface area contributed by atoms with Crippen LogP contribution in [0.3, 0.4) is 0 Å². The lowest BCUT2D eigenvalue weighted by molar-refractivity contribution is 0.168. The number of halogens is 2. The molecule has 2 aliphatic heterocycles. The molecular weight excluding hydrogens is 380 g/mol. The van der Waals surface area contributed by atoms with E-state index in [0.717, 1.165) is 83.0 Å². The minimum atomic E-state index is -0.949. The lowest BCUT2D eigenvalue weighted by Gasteiger charge is -2.37. The van der Waals surface area contributed by atoms with Gasteiger partial charge in [-0.25, -0.2) is 17.3 Å². The molecule has 4 nitrogen and oxygen atoms in total. The van der Waals surface area contributed by atoms with Crippen molar-refractivity contribution < 1.29 is 13.0 Å². The number of benzene rings is 1. The third-order valence-corrected chi connectivity index (χ3v) is 7.63. The van der Waals surface area contributed by atoms with Gasteiger partial charge in [-0.15, -0.1) is 0 Å². The predicted molar refractivity (Wildman–Crippen MR) is 110 cm³/mol. The Kier molecular flexibility index (Phi) is 7.97. The van der Waals surface area contributed by atoms with Crippen molar-refractivity contribution in [3.63, 3.8) is 0 Å². The Bertz CT molecular complexity index is 639. The minimum Gasteiger partial charge on any atom is -0.330 e. The lowest BCUT2D eigenvalue weighted by atomic mass is 9.78. The van der Waals surface area contributed by atoms with Crippen molar-refractivity contribution in [3.8, 4) is 0 Å². The molecule has 2 unspecified atom stereocenters. The first-order valence-corrected chi connectivity index (χ1v) is 11.9. The Hall–Kier alpha value is -0.890. The van der Waals surface area contributed by atoms with Crippen LogP contribution in [-0.2, 0) is 11.0 Å². The number of hydrogen-bond donors (Lipinski definition) is 1. The summed E-state index contributed by atoms with van der Waals surface area (Å²) < 4.78 is 41.5. The third-order valence-electron chi connectivity index (χ3n) is 6.54. The van der Waals surface area contributed by atoms with Crippen LogP contribution >= 0.6 is 0 Å². The summed E-state index contributed by atoms with van der Waals surface area (Å²) in [6, 6.07) is 3.94. The summed E-state index contributed by atoms with van der Waals surface area (Å²) >= 11 is 0. The van der Waals surface area contributed by atoms with Gasteiger partial charge in [0.25, 0.3) is 0 Å². The van der Waals surface area contributed by atoms with Gasteiger partial charge in [-0.3, -0.25) is 0 Å². The van der Waals surface area contributed by atoms with Gasteiger partial charge in [0.2, 0.25) is 0 Å². The quantitative estimate of drug-likeness (QED) is 0.747. The summed E-state index contributed by atoms with van der Waals surface area (Å²) in [6.07, 6.45) is 6.71. The van der Waals surface area contributed by atoms with Crippen molar-refractivity contribution in [1.29, 1.82) is 0 Å². The van der Waals surface area contributed by atoms with Crippen molar-refractivity contribution >= 4 is 11.0 Å². The highest BCUT2D eigenvalue weighted by molar-refractivity contribution is 7.81. The predicted octanol–water partition coefficient (Wildman–Crippen LogP) is 3.11. The van der Waals surface area contributed by atoms with E-state index in [0.29, 0.717) is 11.8 Å². The van der Waals surface area contributed by atoms with Crippen molar-refractivity contribution in [2.75, 3.05) is 45.5 Å². The van der Waals surface area contributed by atoms with Crippen LogP contribution in [0.5, 0.6) is 0 Å². The molecule has 0 spiro atoms. The molecule has 2 fully saturated rings. The fourth-order valence-electron chi connectivity index (χ4n) is 4.77. The number of likely N-dealkylation sites (tertiary alicyclic amines) is 1. The first-order chi connectivity index (χ1) is 13.5. The van der Waals surface area contributed by atoms with E-state index in [9.17, 15) is 13.0 Å². The molecule has 28 heavy (non-hydrogen) atoms. The summed E-state index contributed by atoms with van der Waals surface area (Å²) in [5.41, 5.74) is 6.56. The SMILES string of the molecule is CS(=O)N1CCC(C(CCN2CCC(CN)CC2)c2cc(F)cc(F)c2)CC1. The van der Waals surface area contributed by atoms with Crippen LogP contribution in [0.25, 0.3) is 0 Å². The highest BCUT2D eigenvalue weighted by Gasteiger charge is 2.30. The van der Waals surface area contributed by atoms with E-state index in [1.807, 2.05) is 4.31 Å². The van der Waals surface area contributed by atoms with Gasteiger partial charge in [-0.05, 0) is 93.7 Å². The van der Waals surface area contributed by atoms with Crippen LogP contribution in [0.1, 0.15) is 43.6 Å². The summed E-state index contributed by atoms with van der Waals surface area (Å²) in [5, 5.41) is 0. The Labute approximate surface area is 170 Å². The largest absolute Gasteiger partial charge is 0.330 e.